The van der Waals surface area contributed by atoms with Crippen LogP contribution in [0.5, 0.6) is 0 Å². The number of hydrogen-bond donors (Lipinski definition) is 1. The Bertz CT molecular complexity index is 225. The second-order valence-electron chi connectivity index (χ2n) is 6.33. The Hall–Kier alpha value is -0.0800. The predicted octanol–water partition coefficient (Wildman–Crippen LogP) is 3.42. The van der Waals surface area contributed by atoms with Gasteiger partial charge in [-0.05, 0) is 51.1 Å². The smallest absolute Gasteiger partial charge is 0.0223 e. The van der Waals surface area contributed by atoms with E-state index in [1.54, 1.807) is 0 Å². The van der Waals surface area contributed by atoms with Crippen LogP contribution in [-0.2, 0) is 0 Å². The second-order valence-corrected chi connectivity index (χ2v) is 6.33. The molecule has 0 spiro atoms. The summed E-state index contributed by atoms with van der Waals surface area (Å²) in [6.45, 7) is 8.54. The maximum absolute atomic E-state index is 3.78. The molecule has 0 radical (unpaired) electrons. The van der Waals surface area contributed by atoms with Crippen LogP contribution in [0, 0.1) is 5.92 Å². The molecule has 1 saturated carbocycles. The Balaban J connectivity index is 1.88. The van der Waals surface area contributed by atoms with E-state index >= 15 is 0 Å². The molecule has 1 heterocycles. The predicted molar refractivity (Wildman–Crippen MR) is 78.9 cm³/mol. The molecule has 2 rings (SSSR count). The van der Waals surface area contributed by atoms with Crippen LogP contribution in [0.25, 0.3) is 0 Å². The van der Waals surface area contributed by atoms with E-state index in [-0.39, 0.29) is 0 Å². The molecular weight excluding hydrogens is 220 g/mol. The Morgan fingerprint density at radius 2 is 2.00 bits per heavy atom. The molecule has 2 aliphatic rings. The fourth-order valence-electron chi connectivity index (χ4n) is 3.41. The largest absolute Gasteiger partial charge is 0.312 e. The van der Waals surface area contributed by atoms with Crippen molar-refractivity contribution in [1.29, 1.82) is 0 Å². The Labute approximate surface area is 114 Å². The van der Waals surface area contributed by atoms with Gasteiger partial charge in [0, 0.05) is 18.6 Å². The van der Waals surface area contributed by atoms with Gasteiger partial charge in [-0.3, -0.25) is 4.90 Å². The summed E-state index contributed by atoms with van der Waals surface area (Å²) in [7, 11) is 0. The highest BCUT2D eigenvalue weighted by Crippen LogP contribution is 2.34. The minimum absolute atomic E-state index is 0.800. The van der Waals surface area contributed by atoms with Crippen LogP contribution in [0.2, 0.25) is 0 Å². The average molecular weight is 252 g/mol. The van der Waals surface area contributed by atoms with Gasteiger partial charge in [0.2, 0.25) is 0 Å². The third-order valence-corrected chi connectivity index (χ3v) is 4.68. The monoisotopic (exact) mass is 252 g/mol. The van der Waals surface area contributed by atoms with Crippen molar-refractivity contribution < 1.29 is 0 Å². The zero-order valence-corrected chi connectivity index (χ0v) is 12.5. The van der Waals surface area contributed by atoms with Crippen LogP contribution in [0.15, 0.2) is 0 Å². The molecule has 1 N–H and O–H groups in total. The Morgan fingerprint density at radius 3 is 2.67 bits per heavy atom. The SMILES string of the molecule is CCCCC(CCC)N1CCCNC(C2CC2)C1. The summed E-state index contributed by atoms with van der Waals surface area (Å²) in [5, 5.41) is 3.78. The average Bonchev–Trinajstić information content (AvgIpc) is 3.18. The lowest BCUT2D eigenvalue weighted by atomic mass is 10.0. The minimum Gasteiger partial charge on any atom is -0.312 e. The van der Waals surface area contributed by atoms with E-state index in [0.717, 1.165) is 18.0 Å². The molecule has 2 fully saturated rings. The first kappa shape index (κ1) is 14.3. The van der Waals surface area contributed by atoms with Crippen molar-refractivity contribution in [3.63, 3.8) is 0 Å². The molecule has 0 aromatic heterocycles. The first-order valence-electron chi connectivity index (χ1n) is 8.32. The maximum atomic E-state index is 3.78. The highest BCUT2D eigenvalue weighted by atomic mass is 15.2. The van der Waals surface area contributed by atoms with Crippen molar-refractivity contribution in [2.45, 2.75) is 77.3 Å². The lowest BCUT2D eigenvalue weighted by Gasteiger charge is -2.32. The van der Waals surface area contributed by atoms with Gasteiger partial charge in [0.15, 0.2) is 0 Å². The molecule has 2 heteroatoms. The number of unbranched alkanes of at least 4 members (excludes halogenated alkanes) is 1. The van der Waals surface area contributed by atoms with Crippen molar-refractivity contribution in [3.05, 3.63) is 0 Å². The van der Waals surface area contributed by atoms with Gasteiger partial charge in [-0.2, -0.15) is 0 Å². The van der Waals surface area contributed by atoms with Crippen LogP contribution >= 0.6 is 0 Å². The normalized spacial score (nSPS) is 28.0. The molecule has 18 heavy (non-hydrogen) atoms. The summed E-state index contributed by atoms with van der Waals surface area (Å²) >= 11 is 0. The molecule has 1 saturated heterocycles. The van der Waals surface area contributed by atoms with Gasteiger partial charge in [-0.15, -0.1) is 0 Å². The molecule has 1 aliphatic carbocycles. The van der Waals surface area contributed by atoms with Gasteiger partial charge in [-0.1, -0.05) is 33.1 Å². The van der Waals surface area contributed by atoms with E-state index in [4.69, 9.17) is 0 Å². The summed E-state index contributed by atoms with van der Waals surface area (Å²) in [6, 6.07) is 1.66. The van der Waals surface area contributed by atoms with E-state index in [1.807, 2.05) is 0 Å². The molecule has 0 amide bonds. The van der Waals surface area contributed by atoms with Crippen molar-refractivity contribution in [1.82, 2.24) is 10.2 Å². The van der Waals surface area contributed by atoms with Gasteiger partial charge in [0.1, 0.15) is 0 Å². The zero-order chi connectivity index (χ0) is 12.8. The van der Waals surface area contributed by atoms with E-state index < -0.39 is 0 Å². The lowest BCUT2D eigenvalue weighted by Crippen LogP contribution is -2.43. The fourth-order valence-corrected chi connectivity index (χ4v) is 3.41. The summed E-state index contributed by atoms with van der Waals surface area (Å²) < 4.78 is 0. The van der Waals surface area contributed by atoms with Gasteiger partial charge in [-0.25, -0.2) is 0 Å². The highest BCUT2D eigenvalue weighted by molar-refractivity contribution is 4.91. The van der Waals surface area contributed by atoms with Gasteiger partial charge >= 0.3 is 0 Å². The number of rotatable bonds is 7. The van der Waals surface area contributed by atoms with Crippen LogP contribution < -0.4 is 5.32 Å². The topological polar surface area (TPSA) is 15.3 Å². The van der Waals surface area contributed by atoms with Crippen LogP contribution in [0.3, 0.4) is 0 Å². The Kier molecular flexibility index (Phi) is 5.97. The van der Waals surface area contributed by atoms with E-state index in [0.29, 0.717) is 0 Å². The first-order chi connectivity index (χ1) is 8.85. The van der Waals surface area contributed by atoms with Gasteiger partial charge in [0.05, 0.1) is 0 Å². The number of nitrogens with one attached hydrogen (secondary N) is 1. The van der Waals surface area contributed by atoms with Gasteiger partial charge < -0.3 is 5.32 Å². The molecule has 2 unspecified atom stereocenters. The Morgan fingerprint density at radius 1 is 1.17 bits per heavy atom. The van der Waals surface area contributed by atoms with Crippen LogP contribution in [0.4, 0.5) is 0 Å². The molecular formula is C16H32N2. The fraction of sp³-hybridized carbons (Fsp3) is 1.00. The van der Waals surface area contributed by atoms with Crippen molar-refractivity contribution in [3.8, 4) is 0 Å². The number of nitrogens with zero attached hydrogens (tertiary/aromatic N) is 1. The summed E-state index contributed by atoms with van der Waals surface area (Å²) in [4.78, 5) is 2.82. The summed E-state index contributed by atoms with van der Waals surface area (Å²) in [5.41, 5.74) is 0. The highest BCUT2D eigenvalue weighted by Gasteiger charge is 2.34. The van der Waals surface area contributed by atoms with Crippen LogP contribution in [0.1, 0.15) is 65.2 Å². The second kappa shape index (κ2) is 7.49. The molecule has 0 aromatic rings. The van der Waals surface area contributed by atoms with Crippen LogP contribution in [-0.4, -0.2) is 36.6 Å². The third-order valence-electron chi connectivity index (χ3n) is 4.68. The zero-order valence-electron chi connectivity index (χ0n) is 12.5. The standard InChI is InChI=1S/C16H32N2/c1-3-5-8-15(7-4-2)18-12-6-11-17-16(13-18)14-9-10-14/h14-17H,3-13H2,1-2H3. The molecule has 106 valence electrons. The summed E-state index contributed by atoms with van der Waals surface area (Å²) in [6.07, 6.45) is 11.2. The molecule has 2 atom stereocenters. The van der Waals surface area contributed by atoms with E-state index in [9.17, 15) is 0 Å². The van der Waals surface area contributed by atoms with Crippen molar-refractivity contribution in [2.75, 3.05) is 19.6 Å². The maximum Gasteiger partial charge on any atom is 0.0223 e. The van der Waals surface area contributed by atoms with Crippen molar-refractivity contribution >= 4 is 0 Å². The third kappa shape index (κ3) is 4.24. The minimum atomic E-state index is 0.800. The van der Waals surface area contributed by atoms with Crippen molar-refractivity contribution in [2.24, 2.45) is 5.92 Å². The lowest BCUT2D eigenvalue weighted by molar-refractivity contribution is 0.166. The molecule has 0 bridgehead atoms. The van der Waals surface area contributed by atoms with Gasteiger partial charge in [0.25, 0.3) is 0 Å². The van der Waals surface area contributed by atoms with E-state index in [2.05, 4.69) is 24.1 Å². The van der Waals surface area contributed by atoms with E-state index in [1.165, 1.54) is 71.0 Å². The summed E-state index contributed by atoms with van der Waals surface area (Å²) in [5.74, 6) is 0.999. The molecule has 2 nitrogen and oxygen atoms in total. The number of hydrogen-bond acceptors (Lipinski definition) is 2. The first-order valence-corrected chi connectivity index (χ1v) is 8.32. The molecule has 0 aromatic carbocycles. The molecule has 1 aliphatic heterocycles. The quantitative estimate of drug-likeness (QED) is 0.747.